The first-order valence-electron chi connectivity index (χ1n) is 10.0. The molecule has 5 rings (SSSR count). The van der Waals surface area contributed by atoms with E-state index in [2.05, 4.69) is 70.4 Å². The average Bonchev–Trinajstić information content (AvgIpc) is 3.09. The van der Waals surface area contributed by atoms with Gasteiger partial charge in [-0.05, 0) is 37.3 Å². The van der Waals surface area contributed by atoms with Gasteiger partial charge in [-0.25, -0.2) is 10.4 Å². The maximum atomic E-state index is 4.76. The molecule has 3 N–H and O–H groups in total. The summed E-state index contributed by atoms with van der Waals surface area (Å²) in [4.78, 5) is 5.91. The Morgan fingerprint density at radius 2 is 2.07 bits per heavy atom. The third-order valence-corrected chi connectivity index (χ3v) is 6.72. The summed E-state index contributed by atoms with van der Waals surface area (Å²) in [5.41, 5.74) is 10.1. The van der Waals surface area contributed by atoms with Gasteiger partial charge in [0.25, 0.3) is 0 Å². The number of anilines is 1. The number of hydrogen-bond acceptors (Lipinski definition) is 6. The van der Waals surface area contributed by atoms with E-state index in [4.69, 9.17) is 10.1 Å². The van der Waals surface area contributed by atoms with Crippen LogP contribution in [0.25, 0.3) is 10.6 Å². The smallest absolute Gasteiger partial charge is 0.183 e. The normalized spacial score (nSPS) is 21.9. The second kappa shape index (κ2) is 7.66. The van der Waals surface area contributed by atoms with Crippen molar-refractivity contribution in [1.29, 1.82) is 0 Å². The number of aromatic nitrogens is 3. The molecule has 1 aromatic carbocycles. The Balaban J connectivity index is 1.25. The molecule has 6 nitrogen and oxygen atoms in total. The summed E-state index contributed by atoms with van der Waals surface area (Å²) in [7, 11) is 0. The maximum Gasteiger partial charge on any atom is 0.183 e. The Hall–Kier alpha value is -2.22. The fourth-order valence-electron chi connectivity index (χ4n) is 3.82. The molecule has 1 aliphatic heterocycles. The molecule has 28 heavy (non-hydrogen) atoms. The number of benzene rings is 1. The zero-order valence-corrected chi connectivity index (χ0v) is 16.9. The molecule has 3 heterocycles. The topological polar surface area (TPSA) is 66.8 Å². The van der Waals surface area contributed by atoms with Gasteiger partial charge in [-0.15, -0.1) is 0 Å². The number of thiazole rings is 1. The lowest BCUT2D eigenvalue weighted by atomic mass is 9.95. The van der Waals surface area contributed by atoms with Gasteiger partial charge in [-0.2, -0.15) is 5.10 Å². The minimum atomic E-state index is 0.312. The molecule has 2 atom stereocenters. The molecule has 2 aromatic heterocycles. The minimum absolute atomic E-state index is 0.312. The van der Waals surface area contributed by atoms with E-state index in [-0.39, 0.29) is 0 Å². The second-order valence-electron chi connectivity index (χ2n) is 7.85. The Kier molecular flexibility index (Phi) is 4.88. The quantitative estimate of drug-likeness (QED) is 0.571. The third kappa shape index (κ3) is 3.83. The van der Waals surface area contributed by atoms with Gasteiger partial charge in [0.1, 0.15) is 5.69 Å². The molecule has 7 heteroatoms. The summed E-state index contributed by atoms with van der Waals surface area (Å²) in [5.74, 6) is 1.30. The van der Waals surface area contributed by atoms with Gasteiger partial charge in [0, 0.05) is 31.7 Å². The Labute approximate surface area is 169 Å². The summed E-state index contributed by atoms with van der Waals surface area (Å²) in [6, 6.07) is 13.0. The van der Waals surface area contributed by atoms with Crippen molar-refractivity contribution in [3.05, 3.63) is 53.9 Å². The molecule has 2 fully saturated rings. The van der Waals surface area contributed by atoms with E-state index in [0.717, 1.165) is 42.1 Å². The standard InChI is InChI=1S/C21H26N6S/c1-14-20(18-9-10-27(26-18)13-15-7-8-15)28-21(24-14)22-11-17-12-23-25-19(17)16-5-3-2-4-6-16/h2-6,9-10,15,17,19,23,25H,7-8,11-13H2,1H3,(H,22,24). The van der Waals surface area contributed by atoms with E-state index < -0.39 is 0 Å². The summed E-state index contributed by atoms with van der Waals surface area (Å²) in [6.07, 6.45) is 4.79. The number of aryl methyl sites for hydroxylation is 1. The highest BCUT2D eigenvalue weighted by Gasteiger charge is 2.28. The lowest BCUT2D eigenvalue weighted by Gasteiger charge is -2.18. The van der Waals surface area contributed by atoms with Crippen molar-refractivity contribution in [1.82, 2.24) is 25.6 Å². The van der Waals surface area contributed by atoms with Crippen molar-refractivity contribution >= 4 is 16.5 Å². The molecule has 146 valence electrons. The van der Waals surface area contributed by atoms with Crippen molar-refractivity contribution in [3.8, 4) is 10.6 Å². The van der Waals surface area contributed by atoms with Crippen LogP contribution in [-0.4, -0.2) is 27.9 Å². The third-order valence-electron chi connectivity index (χ3n) is 5.58. The SMILES string of the molecule is Cc1nc(NCC2CNNC2c2ccccc2)sc1-c1ccn(CC2CC2)n1. The summed E-state index contributed by atoms with van der Waals surface area (Å²) in [6.45, 7) is 4.94. The van der Waals surface area contributed by atoms with Crippen molar-refractivity contribution < 1.29 is 0 Å². The molecule has 1 saturated heterocycles. The molecule has 2 unspecified atom stereocenters. The van der Waals surface area contributed by atoms with E-state index in [1.165, 1.54) is 23.3 Å². The molecule has 1 aliphatic carbocycles. The molecule has 3 aromatic rings. The highest BCUT2D eigenvalue weighted by molar-refractivity contribution is 7.19. The number of hydrazine groups is 1. The van der Waals surface area contributed by atoms with Gasteiger partial charge in [0.05, 0.1) is 16.6 Å². The number of nitrogens with one attached hydrogen (secondary N) is 3. The van der Waals surface area contributed by atoms with Crippen LogP contribution in [0, 0.1) is 18.8 Å². The fourth-order valence-corrected chi connectivity index (χ4v) is 4.76. The van der Waals surface area contributed by atoms with E-state index in [1.54, 1.807) is 11.3 Å². The Morgan fingerprint density at radius 1 is 1.21 bits per heavy atom. The van der Waals surface area contributed by atoms with E-state index in [1.807, 2.05) is 0 Å². The van der Waals surface area contributed by atoms with Crippen LogP contribution in [0.5, 0.6) is 0 Å². The highest BCUT2D eigenvalue weighted by Crippen LogP contribution is 2.34. The molecular formula is C21H26N6S. The average molecular weight is 395 g/mol. The van der Waals surface area contributed by atoms with Crippen LogP contribution in [0.1, 0.15) is 30.1 Å². The predicted octanol–water partition coefficient (Wildman–Crippen LogP) is 3.60. The molecule has 0 spiro atoms. The molecule has 2 aliphatic rings. The van der Waals surface area contributed by atoms with Gasteiger partial charge in [-0.1, -0.05) is 41.7 Å². The number of rotatable bonds is 7. The van der Waals surface area contributed by atoms with Crippen LogP contribution in [0.2, 0.25) is 0 Å². The maximum absolute atomic E-state index is 4.76. The highest BCUT2D eigenvalue weighted by atomic mass is 32.1. The van der Waals surface area contributed by atoms with E-state index in [0.29, 0.717) is 12.0 Å². The molecule has 0 radical (unpaired) electrons. The predicted molar refractivity (Wildman–Crippen MR) is 113 cm³/mol. The fraction of sp³-hybridized carbons (Fsp3) is 0.429. The van der Waals surface area contributed by atoms with Crippen molar-refractivity contribution in [2.24, 2.45) is 11.8 Å². The largest absolute Gasteiger partial charge is 0.361 e. The van der Waals surface area contributed by atoms with Crippen LogP contribution in [-0.2, 0) is 6.54 Å². The van der Waals surface area contributed by atoms with Gasteiger partial charge < -0.3 is 5.32 Å². The molecule has 0 amide bonds. The lowest BCUT2D eigenvalue weighted by molar-refractivity contribution is 0.493. The van der Waals surface area contributed by atoms with Gasteiger partial charge in [-0.3, -0.25) is 10.1 Å². The van der Waals surface area contributed by atoms with Gasteiger partial charge in [0.15, 0.2) is 5.13 Å². The van der Waals surface area contributed by atoms with Crippen molar-refractivity contribution in [2.75, 3.05) is 18.4 Å². The molecular weight excluding hydrogens is 368 g/mol. The van der Waals surface area contributed by atoms with Crippen LogP contribution in [0.15, 0.2) is 42.6 Å². The van der Waals surface area contributed by atoms with Crippen LogP contribution >= 0.6 is 11.3 Å². The molecule has 0 bridgehead atoms. The van der Waals surface area contributed by atoms with Crippen LogP contribution < -0.4 is 16.2 Å². The summed E-state index contributed by atoms with van der Waals surface area (Å²) in [5, 5.41) is 9.30. The van der Waals surface area contributed by atoms with Gasteiger partial charge in [0.2, 0.25) is 0 Å². The zero-order chi connectivity index (χ0) is 18.9. The van der Waals surface area contributed by atoms with Crippen LogP contribution in [0.4, 0.5) is 5.13 Å². The van der Waals surface area contributed by atoms with Gasteiger partial charge >= 0.3 is 0 Å². The summed E-state index contributed by atoms with van der Waals surface area (Å²) >= 11 is 1.70. The molecule has 1 saturated carbocycles. The van der Waals surface area contributed by atoms with Crippen molar-refractivity contribution in [2.45, 2.75) is 32.4 Å². The van der Waals surface area contributed by atoms with E-state index >= 15 is 0 Å². The number of nitrogens with zero attached hydrogens (tertiary/aromatic N) is 3. The zero-order valence-electron chi connectivity index (χ0n) is 16.1. The van der Waals surface area contributed by atoms with Crippen molar-refractivity contribution in [3.63, 3.8) is 0 Å². The first-order chi connectivity index (χ1) is 13.8. The first kappa shape index (κ1) is 17.8. The lowest BCUT2D eigenvalue weighted by Crippen LogP contribution is -2.25. The van der Waals surface area contributed by atoms with Crippen LogP contribution in [0.3, 0.4) is 0 Å². The summed E-state index contributed by atoms with van der Waals surface area (Å²) < 4.78 is 2.08. The Morgan fingerprint density at radius 3 is 2.89 bits per heavy atom. The minimum Gasteiger partial charge on any atom is -0.361 e. The first-order valence-corrected chi connectivity index (χ1v) is 10.9. The Bertz CT molecular complexity index is 930. The second-order valence-corrected chi connectivity index (χ2v) is 8.85. The number of hydrogen-bond donors (Lipinski definition) is 3. The van der Waals surface area contributed by atoms with E-state index in [9.17, 15) is 0 Å². The monoisotopic (exact) mass is 394 g/mol.